The van der Waals surface area contributed by atoms with E-state index >= 15 is 0 Å². The molecule has 112 valence electrons. The van der Waals surface area contributed by atoms with Crippen molar-refractivity contribution in [3.05, 3.63) is 33.8 Å². The lowest BCUT2D eigenvalue weighted by atomic mass is 10.1. The van der Waals surface area contributed by atoms with Gasteiger partial charge in [-0.1, -0.05) is 23.7 Å². The van der Waals surface area contributed by atoms with Crippen LogP contribution in [0.15, 0.2) is 28.7 Å². The number of nitrogens with two attached hydrogens (primary N) is 1. The molecule has 1 unspecified atom stereocenters. The van der Waals surface area contributed by atoms with E-state index in [0.29, 0.717) is 23.0 Å². The van der Waals surface area contributed by atoms with Gasteiger partial charge in [0.1, 0.15) is 5.82 Å². The van der Waals surface area contributed by atoms with Crippen molar-refractivity contribution >= 4 is 43.2 Å². The Bertz CT molecular complexity index is 804. The number of nitrogens with zero attached hydrogens (tertiary/aromatic N) is 2. The fourth-order valence-electron chi connectivity index (χ4n) is 2.50. The summed E-state index contributed by atoms with van der Waals surface area (Å²) in [4.78, 5) is 0. The van der Waals surface area contributed by atoms with E-state index < -0.39 is 9.84 Å². The molecule has 2 heterocycles. The molecule has 0 saturated carbocycles. The molecule has 2 aromatic rings. The lowest BCUT2D eigenvalue weighted by molar-refractivity contribution is 0.508. The minimum Gasteiger partial charge on any atom is -0.384 e. The average Bonchev–Trinajstić information content (AvgIpc) is 2.95. The smallest absolute Gasteiger partial charge is 0.152 e. The Labute approximate surface area is 136 Å². The Balaban J connectivity index is 2.01. The van der Waals surface area contributed by atoms with Crippen LogP contribution in [0.2, 0.25) is 5.02 Å². The molecule has 0 radical (unpaired) electrons. The Morgan fingerprint density at radius 3 is 2.86 bits per heavy atom. The van der Waals surface area contributed by atoms with E-state index in [4.69, 9.17) is 17.3 Å². The van der Waals surface area contributed by atoms with Crippen molar-refractivity contribution in [2.75, 3.05) is 17.2 Å². The quantitative estimate of drug-likeness (QED) is 0.855. The van der Waals surface area contributed by atoms with Crippen LogP contribution in [0.3, 0.4) is 0 Å². The number of hydrogen-bond acceptors (Lipinski definition) is 4. The predicted octanol–water partition coefficient (Wildman–Crippen LogP) is 2.91. The van der Waals surface area contributed by atoms with Gasteiger partial charge in [-0.25, -0.2) is 13.1 Å². The van der Waals surface area contributed by atoms with Crippen LogP contribution in [0.1, 0.15) is 12.5 Å². The van der Waals surface area contributed by atoms with Gasteiger partial charge in [0.25, 0.3) is 0 Å². The van der Waals surface area contributed by atoms with Gasteiger partial charge >= 0.3 is 0 Å². The van der Waals surface area contributed by atoms with E-state index in [1.165, 1.54) is 0 Å². The first kappa shape index (κ1) is 14.9. The summed E-state index contributed by atoms with van der Waals surface area (Å²) in [6, 6.07) is 7.08. The van der Waals surface area contributed by atoms with E-state index in [2.05, 4.69) is 21.0 Å². The van der Waals surface area contributed by atoms with Gasteiger partial charge < -0.3 is 5.73 Å². The summed E-state index contributed by atoms with van der Waals surface area (Å²) < 4.78 is 25.6. The van der Waals surface area contributed by atoms with Gasteiger partial charge in [0.05, 0.1) is 28.3 Å². The zero-order chi connectivity index (χ0) is 15.2. The fourth-order valence-corrected chi connectivity index (χ4v) is 4.78. The third kappa shape index (κ3) is 2.82. The molecule has 1 saturated heterocycles. The lowest BCUT2D eigenvalue weighted by Gasteiger charge is -2.10. The summed E-state index contributed by atoms with van der Waals surface area (Å²) in [7, 11) is -2.98. The van der Waals surface area contributed by atoms with Crippen LogP contribution in [0.5, 0.6) is 0 Å². The first-order chi connectivity index (χ1) is 9.87. The van der Waals surface area contributed by atoms with Crippen molar-refractivity contribution in [3.63, 3.8) is 0 Å². The highest BCUT2D eigenvalue weighted by Gasteiger charge is 2.31. The second-order valence-electron chi connectivity index (χ2n) is 5.06. The highest BCUT2D eigenvalue weighted by atomic mass is 79.9. The van der Waals surface area contributed by atoms with Crippen LogP contribution in [-0.2, 0) is 9.84 Å². The van der Waals surface area contributed by atoms with E-state index in [0.717, 1.165) is 10.0 Å². The maximum Gasteiger partial charge on any atom is 0.152 e. The lowest BCUT2D eigenvalue weighted by Crippen LogP contribution is -2.14. The number of sulfone groups is 1. The van der Waals surface area contributed by atoms with Gasteiger partial charge in [-0.05, 0) is 28.4 Å². The molecule has 1 aliphatic rings. The molecule has 3 rings (SSSR count). The van der Waals surface area contributed by atoms with Crippen LogP contribution in [-0.4, -0.2) is 29.7 Å². The van der Waals surface area contributed by atoms with Crippen LogP contribution in [0, 0.1) is 0 Å². The van der Waals surface area contributed by atoms with Gasteiger partial charge in [-0.2, -0.15) is 5.10 Å². The van der Waals surface area contributed by atoms with Gasteiger partial charge in [-0.3, -0.25) is 0 Å². The van der Waals surface area contributed by atoms with Crippen LogP contribution >= 0.6 is 27.5 Å². The molecule has 0 spiro atoms. The SMILES string of the molecule is Nc1cc(-c2cccc(Br)c2Cl)nn1C1CCS(=O)(=O)C1. The molecule has 0 amide bonds. The van der Waals surface area contributed by atoms with E-state index in [9.17, 15) is 8.42 Å². The fraction of sp³-hybridized carbons (Fsp3) is 0.308. The third-order valence-electron chi connectivity index (χ3n) is 3.55. The highest BCUT2D eigenvalue weighted by Crippen LogP contribution is 2.35. The molecule has 2 N–H and O–H groups in total. The number of anilines is 1. The van der Waals surface area contributed by atoms with Crippen LogP contribution in [0.4, 0.5) is 5.82 Å². The molecule has 1 aromatic carbocycles. The Hall–Kier alpha value is -1.05. The number of aromatic nitrogens is 2. The van der Waals surface area contributed by atoms with Gasteiger partial charge in [-0.15, -0.1) is 0 Å². The normalized spacial score (nSPS) is 20.8. The summed E-state index contributed by atoms with van der Waals surface area (Å²) in [6.07, 6.45) is 0.542. The van der Waals surface area contributed by atoms with Crippen molar-refractivity contribution in [3.8, 4) is 11.3 Å². The number of halogens is 2. The second-order valence-corrected chi connectivity index (χ2v) is 8.52. The van der Waals surface area contributed by atoms with Gasteiger partial charge in [0.2, 0.25) is 0 Å². The highest BCUT2D eigenvalue weighted by molar-refractivity contribution is 9.10. The Morgan fingerprint density at radius 1 is 1.43 bits per heavy atom. The molecule has 1 atom stereocenters. The maximum atomic E-state index is 11.6. The first-order valence-corrected chi connectivity index (χ1v) is 9.36. The largest absolute Gasteiger partial charge is 0.384 e. The standard InChI is InChI=1S/C13H13BrClN3O2S/c14-10-3-1-2-9(13(10)15)11-6-12(16)18(17-11)8-4-5-21(19,20)7-8/h1-3,6,8H,4-5,7,16H2. The van der Waals surface area contributed by atoms with E-state index in [1.807, 2.05) is 18.2 Å². The monoisotopic (exact) mass is 389 g/mol. The summed E-state index contributed by atoms with van der Waals surface area (Å²) >= 11 is 9.63. The van der Waals surface area contributed by atoms with Crippen LogP contribution in [0.25, 0.3) is 11.3 Å². The summed E-state index contributed by atoms with van der Waals surface area (Å²) in [5.41, 5.74) is 7.39. The summed E-state index contributed by atoms with van der Waals surface area (Å²) in [5.74, 6) is 0.720. The molecular weight excluding hydrogens is 378 g/mol. The van der Waals surface area contributed by atoms with E-state index in [1.54, 1.807) is 10.7 Å². The van der Waals surface area contributed by atoms with E-state index in [-0.39, 0.29) is 17.5 Å². The molecule has 0 aliphatic carbocycles. The third-order valence-corrected chi connectivity index (χ3v) is 6.59. The minimum absolute atomic E-state index is 0.0878. The first-order valence-electron chi connectivity index (χ1n) is 6.37. The summed E-state index contributed by atoms with van der Waals surface area (Å²) in [5, 5.41) is 5.01. The molecule has 5 nitrogen and oxygen atoms in total. The minimum atomic E-state index is -2.98. The Morgan fingerprint density at radius 2 is 2.19 bits per heavy atom. The number of benzene rings is 1. The molecular formula is C13H13BrClN3O2S. The van der Waals surface area contributed by atoms with Crippen molar-refractivity contribution in [1.82, 2.24) is 9.78 Å². The number of hydrogen-bond donors (Lipinski definition) is 1. The maximum absolute atomic E-state index is 11.6. The molecule has 21 heavy (non-hydrogen) atoms. The number of rotatable bonds is 2. The van der Waals surface area contributed by atoms with Crippen molar-refractivity contribution in [1.29, 1.82) is 0 Å². The van der Waals surface area contributed by atoms with Crippen LogP contribution < -0.4 is 5.73 Å². The molecule has 1 aliphatic heterocycles. The number of nitrogen functional groups attached to an aromatic ring is 1. The molecule has 1 fully saturated rings. The van der Waals surface area contributed by atoms with Crippen molar-refractivity contribution in [2.24, 2.45) is 0 Å². The van der Waals surface area contributed by atoms with Gasteiger partial charge in [0.15, 0.2) is 9.84 Å². The van der Waals surface area contributed by atoms with Gasteiger partial charge in [0, 0.05) is 16.1 Å². The molecule has 8 heteroatoms. The molecule has 1 aromatic heterocycles. The zero-order valence-corrected chi connectivity index (χ0v) is 14.1. The average molecular weight is 391 g/mol. The van der Waals surface area contributed by atoms with Crippen molar-refractivity contribution in [2.45, 2.75) is 12.5 Å². The molecule has 0 bridgehead atoms. The second kappa shape index (κ2) is 5.30. The topological polar surface area (TPSA) is 78.0 Å². The van der Waals surface area contributed by atoms with Crippen molar-refractivity contribution < 1.29 is 8.42 Å². The summed E-state index contributed by atoms with van der Waals surface area (Å²) in [6.45, 7) is 0. The zero-order valence-electron chi connectivity index (χ0n) is 11.0. The predicted molar refractivity (Wildman–Crippen MR) is 87.1 cm³/mol. The Kier molecular flexibility index (Phi) is 3.75.